The molecule has 126 valence electrons. The molecule has 7 heteroatoms. The van der Waals surface area contributed by atoms with Gasteiger partial charge in [-0.25, -0.2) is 8.42 Å². The fourth-order valence-corrected chi connectivity index (χ4v) is 3.53. The van der Waals surface area contributed by atoms with Crippen molar-refractivity contribution in [3.63, 3.8) is 0 Å². The minimum Gasteiger partial charge on any atom is -0.279 e. The van der Waals surface area contributed by atoms with E-state index >= 15 is 0 Å². The van der Waals surface area contributed by atoms with Gasteiger partial charge in [-0.2, -0.15) is 0 Å². The summed E-state index contributed by atoms with van der Waals surface area (Å²) in [7, 11) is -3.95. The van der Waals surface area contributed by atoms with Gasteiger partial charge in [0.1, 0.15) is 0 Å². The summed E-state index contributed by atoms with van der Waals surface area (Å²) < 4.78 is 27.8. The molecule has 0 aliphatic heterocycles. The van der Waals surface area contributed by atoms with Crippen molar-refractivity contribution in [1.29, 1.82) is 0 Å². The number of sulfonamides is 1. The Balaban J connectivity index is 2.00. The van der Waals surface area contributed by atoms with Crippen LogP contribution in [0.25, 0.3) is 11.1 Å². The van der Waals surface area contributed by atoms with Crippen LogP contribution < -0.4 is 4.72 Å². The lowest BCUT2D eigenvalue weighted by Gasteiger charge is -2.13. The topological polar surface area (TPSA) is 89.3 Å². The summed E-state index contributed by atoms with van der Waals surface area (Å²) >= 11 is 0. The van der Waals surface area contributed by atoms with E-state index in [1.165, 1.54) is 18.2 Å². The van der Waals surface area contributed by atoms with Crippen molar-refractivity contribution in [2.45, 2.75) is 4.90 Å². The summed E-state index contributed by atoms with van der Waals surface area (Å²) in [6, 6.07) is 21.3. The summed E-state index contributed by atoms with van der Waals surface area (Å²) in [5.74, 6) is 0. The standard InChI is InChI=1S/C18H14N2O4S/c21-20(22)15-9-6-10-16(13-15)25(23,24)19-18-12-5-4-11-17(18)14-7-2-1-3-8-14/h1-13,19H. The van der Waals surface area contributed by atoms with Gasteiger partial charge in [-0.3, -0.25) is 14.8 Å². The molecule has 0 radical (unpaired) electrons. The molecule has 0 heterocycles. The Morgan fingerprint density at radius 2 is 1.52 bits per heavy atom. The van der Waals surface area contributed by atoms with Gasteiger partial charge in [-0.1, -0.05) is 54.6 Å². The van der Waals surface area contributed by atoms with Crippen LogP contribution in [0.1, 0.15) is 0 Å². The van der Waals surface area contributed by atoms with E-state index in [0.29, 0.717) is 5.69 Å². The van der Waals surface area contributed by atoms with E-state index in [0.717, 1.165) is 17.2 Å². The maximum atomic E-state index is 12.6. The molecule has 0 fully saturated rings. The van der Waals surface area contributed by atoms with Crippen molar-refractivity contribution < 1.29 is 13.3 Å². The first-order chi connectivity index (χ1) is 12.0. The lowest BCUT2D eigenvalue weighted by atomic mass is 10.0. The van der Waals surface area contributed by atoms with E-state index in [4.69, 9.17) is 0 Å². The van der Waals surface area contributed by atoms with Crippen LogP contribution in [0.5, 0.6) is 0 Å². The molecule has 0 saturated carbocycles. The SMILES string of the molecule is O=[N+]([O-])c1cccc(S(=O)(=O)Nc2ccccc2-c2ccccc2)c1. The van der Waals surface area contributed by atoms with Crippen LogP contribution in [0.3, 0.4) is 0 Å². The van der Waals surface area contributed by atoms with Crippen LogP contribution in [0.2, 0.25) is 0 Å². The van der Waals surface area contributed by atoms with Crippen LogP contribution in [0.4, 0.5) is 11.4 Å². The van der Waals surface area contributed by atoms with Crippen molar-refractivity contribution in [2.24, 2.45) is 0 Å². The number of nitro benzene ring substituents is 1. The third kappa shape index (κ3) is 3.67. The molecule has 3 aromatic carbocycles. The Kier molecular flexibility index (Phi) is 4.49. The van der Waals surface area contributed by atoms with E-state index in [1.54, 1.807) is 18.2 Å². The van der Waals surface area contributed by atoms with E-state index in [9.17, 15) is 18.5 Å². The second kappa shape index (κ2) is 6.74. The summed E-state index contributed by atoms with van der Waals surface area (Å²) in [4.78, 5) is 10.1. The number of nitrogens with one attached hydrogen (secondary N) is 1. The predicted octanol–water partition coefficient (Wildman–Crippen LogP) is 4.06. The van der Waals surface area contributed by atoms with E-state index in [1.807, 2.05) is 36.4 Å². The molecule has 6 nitrogen and oxygen atoms in total. The highest BCUT2D eigenvalue weighted by Gasteiger charge is 2.19. The van der Waals surface area contributed by atoms with E-state index in [-0.39, 0.29) is 10.6 Å². The van der Waals surface area contributed by atoms with Crippen molar-refractivity contribution in [3.8, 4) is 11.1 Å². The van der Waals surface area contributed by atoms with Crippen LogP contribution >= 0.6 is 0 Å². The molecule has 0 saturated heterocycles. The molecular weight excluding hydrogens is 340 g/mol. The molecule has 0 bridgehead atoms. The second-order valence-corrected chi connectivity index (χ2v) is 6.95. The molecular formula is C18H14N2O4S. The van der Waals surface area contributed by atoms with Crippen LogP contribution in [0.15, 0.2) is 83.8 Å². The fraction of sp³-hybridized carbons (Fsp3) is 0. The van der Waals surface area contributed by atoms with Gasteiger partial charge < -0.3 is 0 Å². The average molecular weight is 354 g/mol. The number of rotatable bonds is 5. The van der Waals surface area contributed by atoms with Gasteiger partial charge in [-0.05, 0) is 17.7 Å². The number of hydrogen-bond donors (Lipinski definition) is 1. The van der Waals surface area contributed by atoms with Crippen LogP contribution in [-0.2, 0) is 10.0 Å². The largest absolute Gasteiger partial charge is 0.279 e. The molecule has 0 aromatic heterocycles. The molecule has 1 N–H and O–H groups in total. The minimum atomic E-state index is -3.95. The first-order valence-corrected chi connectivity index (χ1v) is 8.87. The fourth-order valence-electron chi connectivity index (χ4n) is 2.41. The normalized spacial score (nSPS) is 11.0. The van der Waals surface area contributed by atoms with E-state index < -0.39 is 14.9 Å². The first-order valence-electron chi connectivity index (χ1n) is 7.39. The van der Waals surface area contributed by atoms with Crippen LogP contribution in [0, 0.1) is 10.1 Å². The number of nitro groups is 1. The molecule has 0 aliphatic rings. The zero-order chi connectivity index (χ0) is 17.9. The van der Waals surface area contributed by atoms with Gasteiger partial charge in [0.05, 0.1) is 15.5 Å². The smallest absolute Gasteiger partial charge is 0.270 e. The van der Waals surface area contributed by atoms with Gasteiger partial charge >= 0.3 is 0 Å². The quantitative estimate of drug-likeness (QED) is 0.552. The molecule has 25 heavy (non-hydrogen) atoms. The van der Waals surface area contributed by atoms with E-state index in [2.05, 4.69) is 4.72 Å². The first kappa shape index (κ1) is 16.7. The number of hydrogen-bond acceptors (Lipinski definition) is 4. The molecule has 0 spiro atoms. The molecule has 0 atom stereocenters. The summed E-state index contributed by atoms with van der Waals surface area (Å²) in [6.45, 7) is 0. The summed E-state index contributed by atoms with van der Waals surface area (Å²) in [5, 5.41) is 10.9. The Labute approximate surface area is 145 Å². The zero-order valence-corrected chi connectivity index (χ0v) is 13.8. The minimum absolute atomic E-state index is 0.162. The number of anilines is 1. The summed E-state index contributed by atoms with van der Waals surface area (Å²) in [6.07, 6.45) is 0. The summed E-state index contributed by atoms with van der Waals surface area (Å²) in [5.41, 5.74) is 1.70. The molecule has 3 rings (SSSR count). The monoisotopic (exact) mass is 354 g/mol. The number of non-ortho nitro benzene ring substituents is 1. The van der Waals surface area contributed by atoms with Crippen molar-refractivity contribution in [1.82, 2.24) is 0 Å². The third-order valence-electron chi connectivity index (χ3n) is 3.59. The highest BCUT2D eigenvalue weighted by molar-refractivity contribution is 7.92. The second-order valence-electron chi connectivity index (χ2n) is 5.27. The Bertz CT molecular complexity index is 1020. The van der Waals surface area contributed by atoms with Crippen molar-refractivity contribution in [3.05, 3.63) is 89.0 Å². The average Bonchev–Trinajstić information content (AvgIpc) is 2.63. The maximum absolute atomic E-state index is 12.6. The van der Waals surface area contributed by atoms with Crippen LogP contribution in [-0.4, -0.2) is 13.3 Å². The number of benzene rings is 3. The van der Waals surface area contributed by atoms with Gasteiger partial charge in [-0.15, -0.1) is 0 Å². The highest BCUT2D eigenvalue weighted by atomic mass is 32.2. The molecule has 0 unspecified atom stereocenters. The third-order valence-corrected chi connectivity index (χ3v) is 4.96. The number of para-hydroxylation sites is 1. The Morgan fingerprint density at radius 3 is 2.24 bits per heavy atom. The molecule has 0 amide bonds. The Morgan fingerprint density at radius 1 is 0.840 bits per heavy atom. The lowest BCUT2D eigenvalue weighted by molar-refractivity contribution is -0.385. The maximum Gasteiger partial charge on any atom is 0.270 e. The molecule has 3 aromatic rings. The Hall–Kier alpha value is -3.19. The van der Waals surface area contributed by atoms with Crippen molar-refractivity contribution in [2.75, 3.05) is 4.72 Å². The van der Waals surface area contributed by atoms with Gasteiger partial charge in [0.15, 0.2) is 0 Å². The molecule has 0 aliphatic carbocycles. The zero-order valence-electron chi connectivity index (χ0n) is 13.0. The van der Waals surface area contributed by atoms with Gasteiger partial charge in [0, 0.05) is 17.7 Å². The lowest BCUT2D eigenvalue weighted by Crippen LogP contribution is -2.13. The highest BCUT2D eigenvalue weighted by Crippen LogP contribution is 2.29. The van der Waals surface area contributed by atoms with Gasteiger partial charge in [0.25, 0.3) is 15.7 Å². The number of nitrogens with zero attached hydrogens (tertiary/aromatic N) is 1. The van der Waals surface area contributed by atoms with Crippen molar-refractivity contribution >= 4 is 21.4 Å². The van der Waals surface area contributed by atoms with Gasteiger partial charge in [0.2, 0.25) is 0 Å². The predicted molar refractivity (Wildman–Crippen MR) is 95.8 cm³/mol.